The maximum Gasteiger partial charge on any atom is 0.159 e. The standard InChI is InChI=1S/C13H16N4/c1-3-17(11-6-4-10(2)5-7-11)13-12(14)8-15-9-16-13/h4-9H,3,14H2,1-2H3. The summed E-state index contributed by atoms with van der Waals surface area (Å²) in [4.78, 5) is 10.2. The van der Waals surface area contributed by atoms with E-state index in [0.29, 0.717) is 5.69 Å². The van der Waals surface area contributed by atoms with Crippen LogP contribution < -0.4 is 10.6 Å². The molecule has 0 aliphatic heterocycles. The topological polar surface area (TPSA) is 55.0 Å². The van der Waals surface area contributed by atoms with Crippen LogP contribution in [0.15, 0.2) is 36.8 Å². The highest BCUT2D eigenvalue weighted by molar-refractivity contribution is 5.70. The molecule has 0 bridgehead atoms. The highest BCUT2D eigenvalue weighted by Crippen LogP contribution is 2.27. The Bertz CT molecular complexity index is 493. The largest absolute Gasteiger partial charge is 0.394 e. The van der Waals surface area contributed by atoms with Crippen molar-refractivity contribution in [1.82, 2.24) is 9.97 Å². The van der Waals surface area contributed by atoms with Gasteiger partial charge in [0, 0.05) is 12.2 Å². The Morgan fingerprint density at radius 3 is 2.53 bits per heavy atom. The molecule has 2 aromatic rings. The summed E-state index contributed by atoms with van der Waals surface area (Å²) in [5.41, 5.74) is 8.81. The van der Waals surface area contributed by atoms with Gasteiger partial charge in [-0.15, -0.1) is 0 Å². The lowest BCUT2D eigenvalue weighted by Crippen LogP contribution is -2.19. The van der Waals surface area contributed by atoms with Crippen LogP contribution in [-0.4, -0.2) is 16.5 Å². The first-order chi connectivity index (χ1) is 8.22. The zero-order chi connectivity index (χ0) is 12.3. The second kappa shape index (κ2) is 4.82. The van der Waals surface area contributed by atoms with Crippen molar-refractivity contribution in [1.29, 1.82) is 0 Å². The molecule has 0 saturated carbocycles. The number of benzene rings is 1. The minimum Gasteiger partial charge on any atom is -0.394 e. The van der Waals surface area contributed by atoms with Gasteiger partial charge in [0.05, 0.1) is 11.9 Å². The summed E-state index contributed by atoms with van der Waals surface area (Å²) in [7, 11) is 0. The lowest BCUT2D eigenvalue weighted by molar-refractivity contribution is 0.979. The fourth-order valence-electron chi connectivity index (χ4n) is 1.74. The zero-order valence-corrected chi connectivity index (χ0v) is 10.1. The summed E-state index contributed by atoms with van der Waals surface area (Å²) in [5, 5.41) is 0. The Morgan fingerprint density at radius 2 is 1.94 bits per heavy atom. The van der Waals surface area contributed by atoms with E-state index in [1.165, 1.54) is 11.9 Å². The van der Waals surface area contributed by atoms with Gasteiger partial charge < -0.3 is 10.6 Å². The highest BCUT2D eigenvalue weighted by atomic mass is 15.2. The van der Waals surface area contributed by atoms with E-state index < -0.39 is 0 Å². The van der Waals surface area contributed by atoms with Crippen LogP contribution in [0.3, 0.4) is 0 Å². The van der Waals surface area contributed by atoms with Crippen molar-refractivity contribution in [2.24, 2.45) is 0 Å². The van der Waals surface area contributed by atoms with E-state index in [1.807, 2.05) is 0 Å². The van der Waals surface area contributed by atoms with Gasteiger partial charge in [-0.2, -0.15) is 0 Å². The van der Waals surface area contributed by atoms with Gasteiger partial charge in [-0.1, -0.05) is 17.7 Å². The summed E-state index contributed by atoms with van der Waals surface area (Å²) in [6, 6.07) is 8.30. The molecule has 1 aromatic heterocycles. The smallest absolute Gasteiger partial charge is 0.159 e. The lowest BCUT2D eigenvalue weighted by atomic mass is 10.2. The van der Waals surface area contributed by atoms with Gasteiger partial charge in [-0.25, -0.2) is 9.97 Å². The molecular weight excluding hydrogens is 212 g/mol. The number of nitrogen functional groups attached to an aromatic ring is 1. The van der Waals surface area contributed by atoms with E-state index in [4.69, 9.17) is 5.73 Å². The third kappa shape index (κ3) is 2.36. The number of hydrogen-bond donors (Lipinski definition) is 1. The van der Waals surface area contributed by atoms with Gasteiger partial charge in [0.15, 0.2) is 5.82 Å². The SMILES string of the molecule is CCN(c1ccc(C)cc1)c1ncncc1N. The highest BCUT2D eigenvalue weighted by Gasteiger charge is 2.11. The monoisotopic (exact) mass is 228 g/mol. The molecule has 17 heavy (non-hydrogen) atoms. The van der Waals surface area contributed by atoms with Crippen LogP contribution in [0.5, 0.6) is 0 Å². The van der Waals surface area contributed by atoms with Crippen molar-refractivity contribution in [2.45, 2.75) is 13.8 Å². The number of nitrogens with two attached hydrogens (primary N) is 1. The molecule has 0 aliphatic rings. The molecule has 2 rings (SSSR count). The fourth-order valence-corrected chi connectivity index (χ4v) is 1.74. The van der Waals surface area contributed by atoms with Crippen molar-refractivity contribution in [3.05, 3.63) is 42.4 Å². The first-order valence-corrected chi connectivity index (χ1v) is 5.62. The minimum atomic E-state index is 0.593. The zero-order valence-electron chi connectivity index (χ0n) is 10.1. The van der Waals surface area contributed by atoms with Crippen LogP contribution in [0, 0.1) is 6.92 Å². The Labute approximate surface area is 101 Å². The minimum absolute atomic E-state index is 0.593. The molecule has 0 radical (unpaired) electrons. The molecule has 2 N–H and O–H groups in total. The molecule has 4 heteroatoms. The first kappa shape index (κ1) is 11.4. The van der Waals surface area contributed by atoms with Crippen molar-refractivity contribution >= 4 is 17.2 Å². The number of aryl methyl sites for hydroxylation is 1. The van der Waals surface area contributed by atoms with Gasteiger partial charge >= 0.3 is 0 Å². The fraction of sp³-hybridized carbons (Fsp3) is 0.231. The van der Waals surface area contributed by atoms with E-state index >= 15 is 0 Å². The molecule has 0 unspecified atom stereocenters. The van der Waals surface area contributed by atoms with Crippen molar-refractivity contribution in [3.63, 3.8) is 0 Å². The van der Waals surface area contributed by atoms with Gasteiger partial charge in [0.25, 0.3) is 0 Å². The Morgan fingerprint density at radius 1 is 1.24 bits per heavy atom. The van der Waals surface area contributed by atoms with Crippen LogP contribution in [0.2, 0.25) is 0 Å². The predicted octanol–water partition coefficient (Wildman–Crippen LogP) is 2.53. The Balaban J connectivity index is 2.40. The van der Waals surface area contributed by atoms with Gasteiger partial charge in [0.1, 0.15) is 6.33 Å². The summed E-state index contributed by atoms with van der Waals surface area (Å²) < 4.78 is 0. The number of aromatic nitrogens is 2. The molecule has 0 atom stereocenters. The molecule has 0 aliphatic carbocycles. The second-order valence-corrected chi connectivity index (χ2v) is 3.88. The molecule has 0 amide bonds. The Hall–Kier alpha value is -2.10. The van der Waals surface area contributed by atoms with Crippen molar-refractivity contribution in [3.8, 4) is 0 Å². The third-order valence-electron chi connectivity index (χ3n) is 2.64. The van der Waals surface area contributed by atoms with Crippen LogP contribution in [0.25, 0.3) is 0 Å². The molecule has 0 spiro atoms. The number of anilines is 3. The number of nitrogens with zero attached hydrogens (tertiary/aromatic N) is 3. The lowest BCUT2D eigenvalue weighted by Gasteiger charge is -2.23. The summed E-state index contributed by atoms with van der Waals surface area (Å²) in [6.07, 6.45) is 3.14. The summed E-state index contributed by atoms with van der Waals surface area (Å²) in [5.74, 6) is 0.756. The van der Waals surface area contributed by atoms with E-state index in [-0.39, 0.29) is 0 Å². The molecule has 1 heterocycles. The average molecular weight is 228 g/mol. The van der Waals surface area contributed by atoms with Crippen molar-refractivity contribution < 1.29 is 0 Å². The molecule has 88 valence electrons. The van der Waals surface area contributed by atoms with Gasteiger partial charge in [0.2, 0.25) is 0 Å². The Kier molecular flexibility index (Phi) is 3.23. The van der Waals surface area contributed by atoms with Crippen LogP contribution in [-0.2, 0) is 0 Å². The van der Waals surface area contributed by atoms with E-state index in [9.17, 15) is 0 Å². The van der Waals surface area contributed by atoms with Gasteiger partial charge in [-0.3, -0.25) is 0 Å². The third-order valence-corrected chi connectivity index (χ3v) is 2.64. The maximum absolute atomic E-state index is 5.90. The molecular formula is C13H16N4. The number of hydrogen-bond acceptors (Lipinski definition) is 4. The first-order valence-electron chi connectivity index (χ1n) is 5.62. The second-order valence-electron chi connectivity index (χ2n) is 3.88. The molecule has 4 nitrogen and oxygen atoms in total. The van der Waals surface area contributed by atoms with Crippen LogP contribution in [0.1, 0.15) is 12.5 Å². The predicted molar refractivity (Wildman–Crippen MR) is 70.3 cm³/mol. The van der Waals surface area contributed by atoms with E-state index in [2.05, 4.69) is 53.0 Å². The summed E-state index contributed by atoms with van der Waals surface area (Å²) >= 11 is 0. The van der Waals surface area contributed by atoms with E-state index in [0.717, 1.165) is 18.1 Å². The van der Waals surface area contributed by atoms with Crippen LogP contribution in [0.4, 0.5) is 17.2 Å². The molecule has 1 aromatic carbocycles. The number of rotatable bonds is 3. The summed E-state index contributed by atoms with van der Waals surface area (Å²) in [6.45, 7) is 4.95. The normalized spacial score (nSPS) is 10.2. The average Bonchev–Trinajstić information content (AvgIpc) is 2.35. The van der Waals surface area contributed by atoms with E-state index in [1.54, 1.807) is 6.20 Å². The van der Waals surface area contributed by atoms with Crippen molar-refractivity contribution in [2.75, 3.05) is 17.2 Å². The molecule has 0 fully saturated rings. The maximum atomic E-state index is 5.90. The quantitative estimate of drug-likeness (QED) is 0.877. The molecule has 0 saturated heterocycles. The van der Waals surface area contributed by atoms with Crippen LogP contribution >= 0.6 is 0 Å². The van der Waals surface area contributed by atoms with Gasteiger partial charge in [-0.05, 0) is 26.0 Å².